The summed E-state index contributed by atoms with van der Waals surface area (Å²) >= 11 is 1.51. The minimum Gasteiger partial charge on any atom is -0.360 e. The minimum atomic E-state index is -0.616. The Morgan fingerprint density at radius 3 is 2.17 bits per heavy atom. The van der Waals surface area contributed by atoms with Crippen LogP contribution in [0.4, 0.5) is 5.69 Å². The highest BCUT2D eigenvalue weighted by Crippen LogP contribution is 2.61. The number of non-ortho nitro benzene ring substituents is 1. The van der Waals surface area contributed by atoms with Gasteiger partial charge in [-0.15, -0.1) is 0 Å². The topological polar surface area (TPSA) is 64.7 Å². The lowest BCUT2D eigenvalue weighted by Crippen LogP contribution is -2.12. The van der Waals surface area contributed by atoms with E-state index >= 15 is 0 Å². The molecule has 1 spiro atoms. The molecule has 0 aromatic heterocycles. The molecule has 2 aliphatic heterocycles. The highest BCUT2D eigenvalue weighted by molar-refractivity contribution is 8.82. The monoisotopic (exact) mass is 450 g/mol. The van der Waals surface area contributed by atoms with Crippen molar-refractivity contribution < 1.29 is 9.76 Å². The van der Waals surface area contributed by atoms with Crippen molar-refractivity contribution in [3.8, 4) is 11.1 Å². The number of benzene rings is 3. The summed E-state index contributed by atoms with van der Waals surface area (Å²) in [6.07, 6.45) is 2.09. The average Bonchev–Trinajstić information content (AvgIpc) is 3.41. The molecule has 0 N–H and O–H groups in total. The zero-order valence-electron chi connectivity index (χ0n) is 15.4. The molecule has 1 atom stereocenters. The second-order valence-corrected chi connectivity index (χ2v) is 10.5. The van der Waals surface area contributed by atoms with E-state index in [1.165, 1.54) is 35.0 Å². The Bertz CT molecular complexity index is 1160. The third-order valence-electron chi connectivity index (χ3n) is 4.65. The predicted octanol–water partition coefficient (Wildman–Crippen LogP) is 6.78. The Morgan fingerprint density at radius 1 is 0.833 bits per heavy atom. The van der Waals surface area contributed by atoms with E-state index in [2.05, 4.69) is 47.6 Å². The maximum absolute atomic E-state index is 10.8. The highest BCUT2D eigenvalue weighted by atomic mass is 33.1. The fourth-order valence-electron chi connectivity index (χ4n) is 3.10. The lowest BCUT2D eigenvalue weighted by molar-refractivity contribution is -0.384. The summed E-state index contributed by atoms with van der Waals surface area (Å²) in [5, 5.41) is 15.8. The summed E-state index contributed by atoms with van der Waals surface area (Å²) in [6, 6.07) is 25.2. The molecule has 3 aromatic rings. The molecule has 2 heterocycles. The molecule has 5 nitrogen and oxygen atoms in total. The van der Waals surface area contributed by atoms with E-state index < -0.39 is 9.19 Å². The Morgan fingerprint density at radius 2 is 1.47 bits per heavy atom. The van der Waals surface area contributed by atoms with Gasteiger partial charge in [-0.2, -0.15) is 0 Å². The smallest absolute Gasteiger partial charge is 0.269 e. The molecule has 0 aliphatic carbocycles. The third-order valence-corrected chi connectivity index (χ3v) is 9.02. The third kappa shape index (κ3) is 3.74. The van der Waals surface area contributed by atoms with Crippen molar-refractivity contribution in [1.29, 1.82) is 0 Å². The van der Waals surface area contributed by atoms with Crippen molar-refractivity contribution in [3.05, 3.63) is 106 Å². The van der Waals surface area contributed by atoms with E-state index in [-0.39, 0.29) is 5.69 Å². The van der Waals surface area contributed by atoms with E-state index in [0.29, 0.717) is 0 Å². The van der Waals surface area contributed by atoms with Gasteiger partial charge in [0.2, 0.25) is 0 Å². The first-order valence-electron chi connectivity index (χ1n) is 9.06. The van der Waals surface area contributed by atoms with Gasteiger partial charge in [0.1, 0.15) is 5.04 Å². The molecule has 0 amide bonds. The van der Waals surface area contributed by atoms with Gasteiger partial charge in [0.15, 0.2) is 0 Å². The Kier molecular flexibility index (Phi) is 5.06. The van der Waals surface area contributed by atoms with Gasteiger partial charge in [-0.1, -0.05) is 70.5 Å². The standard InChI is InChI=1S/C22H14N2O3S3/c25-24(26)19-12-10-18(11-13-19)21-23-27-22(28-21)14-20(29-30-22)17-8-6-16(7-9-17)15-4-2-1-3-5-15/h1-14H. The second kappa shape index (κ2) is 7.86. The molecule has 148 valence electrons. The summed E-state index contributed by atoms with van der Waals surface area (Å²) in [4.78, 5) is 17.3. The minimum absolute atomic E-state index is 0.0601. The van der Waals surface area contributed by atoms with E-state index in [0.717, 1.165) is 21.1 Å². The molecule has 5 rings (SSSR count). The average molecular weight is 451 g/mol. The van der Waals surface area contributed by atoms with Gasteiger partial charge in [0.25, 0.3) is 9.95 Å². The number of nitro benzene ring substituents is 1. The Balaban J connectivity index is 1.32. The lowest BCUT2D eigenvalue weighted by Gasteiger charge is -2.13. The molecule has 0 saturated heterocycles. The normalized spacial score (nSPS) is 20.0. The van der Waals surface area contributed by atoms with Crippen LogP contribution in [-0.4, -0.2) is 14.2 Å². The van der Waals surface area contributed by atoms with Crippen LogP contribution >= 0.6 is 33.3 Å². The van der Waals surface area contributed by atoms with Crippen molar-refractivity contribution in [2.75, 3.05) is 0 Å². The molecule has 0 saturated carbocycles. The zero-order valence-corrected chi connectivity index (χ0v) is 17.9. The van der Waals surface area contributed by atoms with E-state index in [4.69, 9.17) is 4.84 Å². The summed E-state index contributed by atoms with van der Waals surface area (Å²) in [5.74, 6) is 0. The van der Waals surface area contributed by atoms with Crippen LogP contribution < -0.4 is 0 Å². The number of oxime groups is 1. The number of nitrogens with zero attached hydrogens (tertiary/aromatic N) is 2. The van der Waals surface area contributed by atoms with E-state index in [1.54, 1.807) is 33.7 Å². The van der Waals surface area contributed by atoms with Crippen molar-refractivity contribution in [1.82, 2.24) is 0 Å². The molecule has 30 heavy (non-hydrogen) atoms. The van der Waals surface area contributed by atoms with Gasteiger partial charge in [-0.05, 0) is 57.5 Å². The lowest BCUT2D eigenvalue weighted by atomic mass is 10.0. The highest BCUT2D eigenvalue weighted by Gasteiger charge is 2.44. The quantitative estimate of drug-likeness (QED) is 0.248. The maximum Gasteiger partial charge on any atom is 0.269 e. The van der Waals surface area contributed by atoms with Crippen LogP contribution in [-0.2, 0) is 4.84 Å². The van der Waals surface area contributed by atoms with Gasteiger partial charge < -0.3 is 4.84 Å². The predicted molar refractivity (Wildman–Crippen MR) is 126 cm³/mol. The second-order valence-electron chi connectivity index (χ2n) is 6.62. The molecule has 1 unspecified atom stereocenters. The van der Waals surface area contributed by atoms with E-state index in [1.807, 2.05) is 18.2 Å². The Labute approximate surface area is 185 Å². The molecule has 0 bridgehead atoms. The molecule has 0 fully saturated rings. The van der Waals surface area contributed by atoms with Crippen LogP contribution in [0.3, 0.4) is 0 Å². The zero-order chi connectivity index (χ0) is 20.6. The molecule has 3 aromatic carbocycles. The van der Waals surface area contributed by atoms with Gasteiger partial charge >= 0.3 is 0 Å². The SMILES string of the molecule is O=[N+]([O-])c1ccc(C2=NOC3(C=C(c4ccc(-c5ccccc5)cc4)SS3)S2)cc1. The summed E-state index contributed by atoms with van der Waals surface area (Å²) in [6.45, 7) is 0. The van der Waals surface area contributed by atoms with Crippen LogP contribution in [0.2, 0.25) is 0 Å². The number of nitro groups is 1. The van der Waals surface area contributed by atoms with Crippen LogP contribution in [0.25, 0.3) is 16.0 Å². The molecule has 0 radical (unpaired) electrons. The Hall–Kier alpha value is -2.68. The van der Waals surface area contributed by atoms with Gasteiger partial charge in [0.05, 0.1) is 4.92 Å². The molecular weight excluding hydrogens is 436 g/mol. The van der Waals surface area contributed by atoms with Crippen LogP contribution in [0.1, 0.15) is 11.1 Å². The first kappa shape index (κ1) is 19.3. The molecule has 8 heteroatoms. The maximum atomic E-state index is 10.8. The van der Waals surface area contributed by atoms with Crippen molar-refractivity contribution in [3.63, 3.8) is 0 Å². The summed E-state index contributed by atoms with van der Waals surface area (Å²) < 4.78 is -0.616. The first-order valence-corrected chi connectivity index (χ1v) is 12.0. The largest absolute Gasteiger partial charge is 0.360 e. The van der Waals surface area contributed by atoms with Crippen molar-refractivity contribution >= 4 is 49.0 Å². The van der Waals surface area contributed by atoms with Crippen molar-refractivity contribution in [2.45, 2.75) is 4.27 Å². The number of rotatable bonds is 4. The van der Waals surface area contributed by atoms with E-state index in [9.17, 15) is 10.1 Å². The number of thioether (sulfide) groups is 1. The van der Waals surface area contributed by atoms with Crippen LogP contribution in [0, 0.1) is 10.1 Å². The van der Waals surface area contributed by atoms with Crippen LogP contribution in [0.5, 0.6) is 0 Å². The summed E-state index contributed by atoms with van der Waals surface area (Å²) in [5.41, 5.74) is 4.38. The summed E-state index contributed by atoms with van der Waals surface area (Å²) in [7, 11) is 3.27. The van der Waals surface area contributed by atoms with Gasteiger partial charge in [-0.25, -0.2) is 0 Å². The van der Waals surface area contributed by atoms with Gasteiger partial charge in [-0.3, -0.25) is 10.1 Å². The molecule has 2 aliphatic rings. The van der Waals surface area contributed by atoms with Crippen LogP contribution in [0.15, 0.2) is 90.1 Å². The number of hydrogen-bond acceptors (Lipinski definition) is 7. The van der Waals surface area contributed by atoms with Gasteiger partial charge in [0, 0.05) is 22.6 Å². The molecular formula is C22H14N2O3S3. The fourth-order valence-corrected chi connectivity index (χ4v) is 7.26. The fraction of sp³-hybridized carbons (Fsp3) is 0.0455. The first-order chi connectivity index (χ1) is 14.6. The van der Waals surface area contributed by atoms with Crippen molar-refractivity contribution in [2.24, 2.45) is 5.16 Å². The number of hydrogen-bond donors (Lipinski definition) is 0.